The molecule has 0 aromatic carbocycles. The highest BCUT2D eigenvalue weighted by Crippen LogP contribution is 2.21. The van der Waals surface area contributed by atoms with E-state index in [1.807, 2.05) is 56.0 Å². The molecular weight excluding hydrogens is 330 g/mol. The number of aryl methyl sites for hydroxylation is 1. The number of hydrogen-bond acceptors (Lipinski definition) is 7. The van der Waals surface area contributed by atoms with Gasteiger partial charge in [0.2, 0.25) is 5.95 Å². The lowest BCUT2D eigenvalue weighted by Gasteiger charge is -2.08. The molecule has 4 aromatic heterocycles. The van der Waals surface area contributed by atoms with Crippen LogP contribution in [-0.4, -0.2) is 53.3 Å². The van der Waals surface area contributed by atoms with Crippen molar-refractivity contribution in [3.8, 4) is 11.3 Å². The van der Waals surface area contributed by atoms with Crippen LogP contribution >= 0.6 is 0 Å². The summed E-state index contributed by atoms with van der Waals surface area (Å²) in [5, 5.41) is 15.8. The van der Waals surface area contributed by atoms with Crippen LogP contribution in [0.3, 0.4) is 0 Å². The maximum Gasteiger partial charge on any atom is 0.228 e. The van der Waals surface area contributed by atoms with Crippen LogP contribution in [-0.2, 0) is 13.6 Å². The minimum absolute atomic E-state index is 0.515. The van der Waals surface area contributed by atoms with Gasteiger partial charge in [-0.1, -0.05) is 0 Å². The summed E-state index contributed by atoms with van der Waals surface area (Å²) in [6.45, 7) is 0.729. The van der Waals surface area contributed by atoms with Crippen molar-refractivity contribution < 1.29 is 0 Å². The standard InChI is InChI=1S/C17H19N9/c1-24(2)11-16-23-22-15-10-12(6-9-26(15)16)13-4-7-18-17(20-13)21-14-5-8-19-25(14)3/h4-10H,11H2,1-3H3,(H,18,20,21). The lowest BCUT2D eigenvalue weighted by atomic mass is 10.2. The minimum atomic E-state index is 0.515. The summed E-state index contributed by atoms with van der Waals surface area (Å²) in [6, 6.07) is 7.72. The fraction of sp³-hybridized carbons (Fsp3) is 0.235. The Bertz CT molecular complexity index is 1050. The molecule has 0 radical (unpaired) electrons. The van der Waals surface area contributed by atoms with Crippen LogP contribution in [0.4, 0.5) is 11.8 Å². The van der Waals surface area contributed by atoms with Gasteiger partial charge in [-0.25, -0.2) is 9.97 Å². The normalized spacial score (nSPS) is 11.4. The fourth-order valence-corrected chi connectivity index (χ4v) is 2.68. The molecule has 4 aromatic rings. The van der Waals surface area contributed by atoms with E-state index in [1.165, 1.54) is 0 Å². The first-order valence-corrected chi connectivity index (χ1v) is 8.17. The van der Waals surface area contributed by atoms with Crippen molar-refractivity contribution in [3.05, 3.63) is 48.7 Å². The lowest BCUT2D eigenvalue weighted by Crippen LogP contribution is -2.13. The number of aromatic nitrogens is 7. The van der Waals surface area contributed by atoms with Crippen LogP contribution in [0, 0.1) is 0 Å². The zero-order valence-electron chi connectivity index (χ0n) is 14.8. The monoisotopic (exact) mass is 349 g/mol. The van der Waals surface area contributed by atoms with Crippen molar-refractivity contribution >= 4 is 17.4 Å². The highest BCUT2D eigenvalue weighted by Gasteiger charge is 2.09. The van der Waals surface area contributed by atoms with Crippen molar-refractivity contribution in [3.63, 3.8) is 0 Å². The van der Waals surface area contributed by atoms with Crippen molar-refractivity contribution in [2.24, 2.45) is 7.05 Å². The van der Waals surface area contributed by atoms with E-state index in [0.717, 1.165) is 35.1 Å². The summed E-state index contributed by atoms with van der Waals surface area (Å²) in [5.41, 5.74) is 2.56. The molecule has 9 heteroatoms. The molecule has 0 saturated heterocycles. The third-order valence-corrected chi connectivity index (χ3v) is 3.95. The molecule has 0 amide bonds. The number of pyridine rings is 1. The number of rotatable bonds is 5. The second kappa shape index (κ2) is 6.52. The Morgan fingerprint density at radius 2 is 2.00 bits per heavy atom. The molecule has 26 heavy (non-hydrogen) atoms. The van der Waals surface area contributed by atoms with Gasteiger partial charge in [-0.2, -0.15) is 5.10 Å². The Labute approximate surface area is 150 Å². The average Bonchev–Trinajstić information content (AvgIpc) is 3.21. The van der Waals surface area contributed by atoms with Crippen LogP contribution in [0.15, 0.2) is 42.9 Å². The quantitative estimate of drug-likeness (QED) is 0.587. The summed E-state index contributed by atoms with van der Waals surface area (Å²) in [4.78, 5) is 10.9. The van der Waals surface area contributed by atoms with Crippen molar-refractivity contribution in [1.82, 2.24) is 39.2 Å². The molecule has 9 nitrogen and oxygen atoms in total. The SMILES string of the molecule is CN(C)Cc1nnc2cc(-c3ccnc(Nc4ccnn4C)n3)ccn12. The van der Waals surface area contributed by atoms with Gasteiger partial charge in [0.05, 0.1) is 18.4 Å². The number of fused-ring (bicyclic) bond motifs is 1. The maximum absolute atomic E-state index is 4.59. The van der Waals surface area contributed by atoms with Crippen LogP contribution in [0.1, 0.15) is 5.82 Å². The summed E-state index contributed by atoms with van der Waals surface area (Å²) in [5.74, 6) is 2.24. The van der Waals surface area contributed by atoms with E-state index in [2.05, 4.69) is 35.5 Å². The van der Waals surface area contributed by atoms with E-state index >= 15 is 0 Å². The molecule has 4 rings (SSSR count). The number of anilines is 2. The van der Waals surface area contributed by atoms with E-state index in [9.17, 15) is 0 Å². The van der Waals surface area contributed by atoms with Crippen LogP contribution in [0.25, 0.3) is 16.9 Å². The Hall–Kier alpha value is -3.33. The van der Waals surface area contributed by atoms with Gasteiger partial charge in [-0.05, 0) is 32.3 Å². The van der Waals surface area contributed by atoms with Gasteiger partial charge in [0.25, 0.3) is 0 Å². The van der Waals surface area contributed by atoms with E-state index in [1.54, 1.807) is 17.1 Å². The number of nitrogens with zero attached hydrogens (tertiary/aromatic N) is 8. The zero-order valence-corrected chi connectivity index (χ0v) is 14.8. The Kier molecular flexibility index (Phi) is 4.05. The molecule has 4 heterocycles. The summed E-state index contributed by atoms with van der Waals surface area (Å²) in [7, 11) is 5.87. The van der Waals surface area contributed by atoms with Crippen LogP contribution in [0.2, 0.25) is 0 Å². The van der Waals surface area contributed by atoms with E-state index in [-0.39, 0.29) is 0 Å². The van der Waals surface area contributed by atoms with Gasteiger partial charge in [-0.15, -0.1) is 10.2 Å². The topological polar surface area (TPSA) is 89.1 Å². The largest absolute Gasteiger partial charge is 0.309 e. The molecule has 0 bridgehead atoms. The first-order chi connectivity index (χ1) is 12.6. The molecule has 0 aliphatic rings. The van der Waals surface area contributed by atoms with E-state index in [4.69, 9.17) is 0 Å². The smallest absolute Gasteiger partial charge is 0.228 e. The van der Waals surface area contributed by atoms with Crippen LogP contribution in [0.5, 0.6) is 0 Å². The molecule has 0 saturated carbocycles. The Morgan fingerprint density at radius 1 is 1.12 bits per heavy atom. The molecule has 0 fully saturated rings. The predicted molar refractivity (Wildman–Crippen MR) is 97.9 cm³/mol. The van der Waals surface area contributed by atoms with Gasteiger partial charge in [0.1, 0.15) is 5.82 Å². The molecule has 0 unspecified atom stereocenters. The summed E-state index contributed by atoms with van der Waals surface area (Å²) >= 11 is 0. The highest BCUT2D eigenvalue weighted by molar-refractivity contribution is 5.65. The number of nitrogens with one attached hydrogen (secondary N) is 1. The second-order valence-corrected chi connectivity index (χ2v) is 6.23. The van der Waals surface area contributed by atoms with E-state index < -0.39 is 0 Å². The van der Waals surface area contributed by atoms with Crippen molar-refractivity contribution in [1.29, 1.82) is 0 Å². The summed E-state index contributed by atoms with van der Waals surface area (Å²) in [6.07, 6.45) is 5.42. The van der Waals surface area contributed by atoms with Gasteiger partial charge in [0.15, 0.2) is 11.5 Å². The molecule has 132 valence electrons. The van der Waals surface area contributed by atoms with Crippen molar-refractivity contribution in [2.45, 2.75) is 6.54 Å². The molecular formula is C17H19N9. The fourth-order valence-electron chi connectivity index (χ4n) is 2.68. The Morgan fingerprint density at radius 3 is 2.77 bits per heavy atom. The van der Waals surface area contributed by atoms with Gasteiger partial charge in [0, 0.05) is 31.1 Å². The second-order valence-electron chi connectivity index (χ2n) is 6.23. The third kappa shape index (κ3) is 3.11. The predicted octanol–water partition coefficient (Wildman–Crippen LogP) is 1.72. The van der Waals surface area contributed by atoms with Gasteiger partial charge >= 0.3 is 0 Å². The highest BCUT2D eigenvalue weighted by atomic mass is 15.3. The lowest BCUT2D eigenvalue weighted by molar-refractivity contribution is 0.388. The molecule has 0 aliphatic carbocycles. The third-order valence-electron chi connectivity index (χ3n) is 3.95. The first-order valence-electron chi connectivity index (χ1n) is 8.17. The molecule has 0 spiro atoms. The first kappa shape index (κ1) is 16.2. The summed E-state index contributed by atoms with van der Waals surface area (Å²) < 4.78 is 3.71. The molecule has 1 N–H and O–H groups in total. The minimum Gasteiger partial charge on any atom is -0.309 e. The Balaban J connectivity index is 1.65. The van der Waals surface area contributed by atoms with Gasteiger partial charge < -0.3 is 10.2 Å². The molecule has 0 atom stereocenters. The van der Waals surface area contributed by atoms with E-state index in [0.29, 0.717) is 5.95 Å². The van der Waals surface area contributed by atoms with Crippen LogP contribution < -0.4 is 5.32 Å². The maximum atomic E-state index is 4.59. The zero-order chi connectivity index (χ0) is 18.1. The van der Waals surface area contributed by atoms with Crippen molar-refractivity contribution in [2.75, 3.05) is 19.4 Å². The average molecular weight is 349 g/mol. The van der Waals surface area contributed by atoms with Gasteiger partial charge in [-0.3, -0.25) is 9.08 Å². The number of hydrogen-bond donors (Lipinski definition) is 1. The molecule has 0 aliphatic heterocycles.